The molecule has 178 valence electrons. The topological polar surface area (TPSA) is 85.0 Å². The van der Waals surface area contributed by atoms with Crippen LogP contribution in [0.2, 0.25) is 0 Å². The van der Waals surface area contributed by atoms with E-state index in [0.29, 0.717) is 25.1 Å². The average Bonchev–Trinajstić information content (AvgIpc) is 3.27. The van der Waals surface area contributed by atoms with E-state index >= 15 is 0 Å². The van der Waals surface area contributed by atoms with Gasteiger partial charge < -0.3 is 20.4 Å². The highest BCUT2D eigenvalue weighted by Gasteiger charge is 2.43. The summed E-state index contributed by atoms with van der Waals surface area (Å²) in [5, 5.41) is 6.40. The number of aryl methyl sites for hydroxylation is 1. The first-order chi connectivity index (χ1) is 15.8. The van der Waals surface area contributed by atoms with Crippen molar-refractivity contribution in [2.75, 3.05) is 38.5 Å². The SMILES string of the molecule is Cc1ccc(F)c2c1NC(C(=O)N[C@@H]1CCC[C@H](N3CCN4C(=O)CN(C)C(=O)[C@H]4C3)C1)C2. The van der Waals surface area contributed by atoms with Gasteiger partial charge in [-0.15, -0.1) is 0 Å². The van der Waals surface area contributed by atoms with Gasteiger partial charge in [-0.2, -0.15) is 0 Å². The number of nitrogens with one attached hydrogen (secondary N) is 2. The van der Waals surface area contributed by atoms with Crippen LogP contribution in [-0.4, -0.2) is 89.8 Å². The molecular formula is C24H32FN5O3. The number of anilines is 1. The number of fused-ring (bicyclic) bond motifs is 2. The zero-order chi connectivity index (χ0) is 23.3. The summed E-state index contributed by atoms with van der Waals surface area (Å²) in [6.45, 7) is 3.96. The lowest BCUT2D eigenvalue weighted by Crippen LogP contribution is -2.67. The highest BCUT2D eigenvalue weighted by Crippen LogP contribution is 2.32. The number of hydrogen-bond donors (Lipinski definition) is 2. The third-order valence-corrected chi connectivity index (χ3v) is 7.78. The van der Waals surface area contributed by atoms with Crippen molar-refractivity contribution in [1.29, 1.82) is 0 Å². The van der Waals surface area contributed by atoms with Crippen LogP contribution in [-0.2, 0) is 20.8 Å². The van der Waals surface area contributed by atoms with Crippen molar-refractivity contribution in [2.45, 2.75) is 63.2 Å². The molecule has 1 aliphatic carbocycles. The Morgan fingerprint density at radius 3 is 2.82 bits per heavy atom. The predicted octanol–water partition coefficient (Wildman–Crippen LogP) is 0.883. The second-order valence-corrected chi connectivity index (χ2v) is 9.94. The van der Waals surface area contributed by atoms with Crippen molar-refractivity contribution < 1.29 is 18.8 Å². The van der Waals surface area contributed by atoms with Crippen molar-refractivity contribution in [3.8, 4) is 0 Å². The van der Waals surface area contributed by atoms with Crippen molar-refractivity contribution >= 4 is 23.4 Å². The van der Waals surface area contributed by atoms with Crippen LogP contribution in [0.25, 0.3) is 0 Å². The van der Waals surface area contributed by atoms with Crippen molar-refractivity contribution in [3.05, 3.63) is 29.1 Å². The van der Waals surface area contributed by atoms with Gasteiger partial charge in [0.1, 0.15) is 17.9 Å². The van der Waals surface area contributed by atoms with Gasteiger partial charge in [-0.25, -0.2) is 4.39 Å². The quantitative estimate of drug-likeness (QED) is 0.704. The zero-order valence-corrected chi connectivity index (χ0v) is 19.3. The number of halogens is 1. The van der Waals surface area contributed by atoms with E-state index in [1.54, 1.807) is 18.0 Å². The first kappa shape index (κ1) is 22.1. The smallest absolute Gasteiger partial charge is 0.246 e. The van der Waals surface area contributed by atoms with Gasteiger partial charge >= 0.3 is 0 Å². The number of piperazine rings is 2. The summed E-state index contributed by atoms with van der Waals surface area (Å²) in [5.41, 5.74) is 2.28. The van der Waals surface area contributed by atoms with E-state index < -0.39 is 12.1 Å². The lowest BCUT2D eigenvalue weighted by Gasteiger charge is -2.48. The average molecular weight is 458 g/mol. The van der Waals surface area contributed by atoms with Gasteiger partial charge in [0.15, 0.2) is 0 Å². The summed E-state index contributed by atoms with van der Waals surface area (Å²) in [5.74, 6) is -0.326. The summed E-state index contributed by atoms with van der Waals surface area (Å²) < 4.78 is 14.2. The number of hydrogen-bond acceptors (Lipinski definition) is 5. The third-order valence-electron chi connectivity index (χ3n) is 7.78. The molecule has 3 aliphatic heterocycles. The van der Waals surface area contributed by atoms with Gasteiger partial charge in [-0.05, 0) is 44.2 Å². The molecule has 4 atom stereocenters. The normalized spacial score (nSPS) is 30.0. The van der Waals surface area contributed by atoms with E-state index in [-0.39, 0.29) is 42.2 Å². The Kier molecular flexibility index (Phi) is 5.76. The Morgan fingerprint density at radius 2 is 2.03 bits per heavy atom. The van der Waals surface area contributed by atoms with Crippen molar-refractivity contribution in [1.82, 2.24) is 20.0 Å². The maximum atomic E-state index is 14.2. The minimum Gasteiger partial charge on any atom is -0.373 e. The molecule has 3 amide bonds. The monoisotopic (exact) mass is 457 g/mol. The standard InChI is InChI=1S/C24H32FN5O3/c1-14-6-7-18(25)17-11-19(27-22(14)17)23(32)26-15-4-3-5-16(10-15)29-8-9-30-20(12-29)24(33)28(2)13-21(30)31/h6-7,15-16,19-20,27H,3-5,8-13H2,1-2H3,(H,26,32)/t15-,16+,19?,20-/m1/s1. The summed E-state index contributed by atoms with van der Waals surface area (Å²) in [7, 11) is 1.69. The molecule has 2 N–H and O–H groups in total. The minimum absolute atomic E-state index is 0.00867. The maximum absolute atomic E-state index is 14.2. The molecule has 0 spiro atoms. The number of carbonyl (C=O) groups is 3. The number of nitrogens with zero attached hydrogens (tertiary/aromatic N) is 3. The maximum Gasteiger partial charge on any atom is 0.246 e. The van der Waals surface area contributed by atoms with E-state index in [1.807, 2.05) is 6.92 Å². The van der Waals surface area contributed by atoms with Crippen LogP contribution in [0, 0.1) is 12.7 Å². The first-order valence-electron chi connectivity index (χ1n) is 11.9. The molecule has 2 saturated heterocycles. The Morgan fingerprint density at radius 1 is 1.21 bits per heavy atom. The third kappa shape index (κ3) is 4.07. The van der Waals surface area contributed by atoms with Crippen molar-refractivity contribution in [2.24, 2.45) is 0 Å². The minimum atomic E-state index is -0.457. The van der Waals surface area contributed by atoms with E-state index in [9.17, 15) is 18.8 Å². The van der Waals surface area contributed by atoms with Crippen molar-refractivity contribution in [3.63, 3.8) is 0 Å². The highest BCUT2D eigenvalue weighted by molar-refractivity contribution is 5.95. The largest absolute Gasteiger partial charge is 0.373 e. The number of benzene rings is 1. The molecule has 3 fully saturated rings. The molecule has 4 aliphatic rings. The van der Waals surface area contributed by atoms with E-state index in [2.05, 4.69) is 15.5 Å². The van der Waals surface area contributed by atoms with Crippen LogP contribution >= 0.6 is 0 Å². The molecule has 33 heavy (non-hydrogen) atoms. The predicted molar refractivity (Wildman–Crippen MR) is 121 cm³/mol. The molecule has 1 unspecified atom stereocenters. The molecule has 3 heterocycles. The van der Waals surface area contributed by atoms with Gasteiger partial charge in [-0.1, -0.05) is 6.07 Å². The van der Waals surface area contributed by atoms with Gasteiger partial charge in [0.05, 0.1) is 6.54 Å². The Hall–Kier alpha value is -2.68. The van der Waals surface area contributed by atoms with E-state index in [4.69, 9.17) is 0 Å². The van der Waals surface area contributed by atoms with Crippen LogP contribution in [0.1, 0.15) is 36.8 Å². The lowest BCUT2D eigenvalue weighted by molar-refractivity contribution is -0.159. The van der Waals surface area contributed by atoms with Crippen LogP contribution in [0.15, 0.2) is 12.1 Å². The summed E-state index contributed by atoms with van der Waals surface area (Å²) in [6.07, 6.45) is 4.12. The van der Waals surface area contributed by atoms with Gasteiger partial charge in [0, 0.05) is 56.4 Å². The van der Waals surface area contributed by atoms with Crippen LogP contribution in [0.3, 0.4) is 0 Å². The van der Waals surface area contributed by atoms with Crippen LogP contribution < -0.4 is 10.6 Å². The second-order valence-electron chi connectivity index (χ2n) is 9.94. The molecule has 1 saturated carbocycles. The zero-order valence-electron chi connectivity index (χ0n) is 19.3. The number of amides is 3. The Labute approximate surface area is 193 Å². The van der Waals surface area contributed by atoms with Gasteiger partial charge in [0.2, 0.25) is 17.7 Å². The molecule has 1 aromatic rings. The summed E-state index contributed by atoms with van der Waals surface area (Å²) in [6, 6.07) is 2.66. The lowest BCUT2D eigenvalue weighted by atomic mass is 9.88. The molecule has 0 radical (unpaired) electrons. The molecule has 0 bridgehead atoms. The Bertz CT molecular complexity index is 954. The van der Waals surface area contributed by atoms with E-state index in [0.717, 1.165) is 43.5 Å². The fraction of sp³-hybridized carbons (Fsp3) is 0.625. The molecular weight excluding hydrogens is 425 g/mol. The number of likely N-dealkylation sites (N-methyl/N-ethyl adjacent to an activating group) is 1. The fourth-order valence-corrected chi connectivity index (χ4v) is 5.93. The molecule has 0 aromatic heterocycles. The second kappa shape index (κ2) is 8.59. The van der Waals surface area contributed by atoms with Gasteiger partial charge in [0.25, 0.3) is 0 Å². The summed E-state index contributed by atoms with van der Waals surface area (Å²) in [4.78, 5) is 43.5. The molecule has 1 aromatic carbocycles. The van der Waals surface area contributed by atoms with E-state index in [1.165, 1.54) is 11.0 Å². The Balaban J connectivity index is 1.19. The molecule has 5 rings (SSSR count). The first-order valence-corrected chi connectivity index (χ1v) is 11.9. The number of rotatable bonds is 3. The highest BCUT2D eigenvalue weighted by atomic mass is 19.1. The van der Waals surface area contributed by atoms with Crippen LogP contribution in [0.5, 0.6) is 0 Å². The number of carbonyl (C=O) groups excluding carboxylic acids is 3. The molecule has 8 nitrogen and oxygen atoms in total. The summed E-state index contributed by atoms with van der Waals surface area (Å²) >= 11 is 0. The fourth-order valence-electron chi connectivity index (χ4n) is 5.93. The molecule has 9 heteroatoms. The van der Waals surface area contributed by atoms with Gasteiger partial charge in [-0.3, -0.25) is 19.3 Å². The van der Waals surface area contributed by atoms with Crippen LogP contribution in [0.4, 0.5) is 10.1 Å².